The van der Waals surface area contributed by atoms with Crippen molar-refractivity contribution in [3.8, 4) is 17.0 Å². The molecule has 0 saturated carbocycles. The minimum Gasteiger partial charge on any atom is -0.482 e. The summed E-state index contributed by atoms with van der Waals surface area (Å²) in [4.78, 5) is 39.6. The Bertz CT molecular complexity index is 1110. The Morgan fingerprint density at radius 1 is 1.04 bits per heavy atom. The highest BCUT2D eigenvalue weighted by atomic mass is 16.6. The van der Waals surface area contributed by atoms with E-state index in [1.165, 1.54) is 4.57 Å². The Balaban J connectivity index is 1.94. The molecule has 0 spiro atoms. The maximum atomic E-state index is 12.6. The van der Waals surface area contributed by atoms with Gasteiger partial charge in [-0.15, -0.1) is 0 Å². The first kappa shape index (κ1) is 19.5. The fraction of sp³-hybridized carbons (Fsp3) is 0.350. The molecule has 0 fully saturated rings. The molecule has 0 aliphatic heterocycles. The summed E-state index contributed by atoms with van der Waals surface area (Å²) in [5, 5.41) is 0. The fourth-order valence-corrected chi connectivity index (χ4v) is 3.11. The number of benzene rings is 1. The first-order valence-electron chi connectivity index (χ1n) is 9.25. The largest absolute Gasteiger partial charge is 0.482 e. The molecular formula is C20H23N3O5. The summed E-state index contributed by atoms with van der Waals surface area (Å²) in [7, 11) is 0. The van der Waals surface area contributed by atoms with Gasteiger partial charge in [0.15, 0.2) is 6.61 Å². The zero-order chi connectivity index (χ0) is 20.3. The van der Waals surface area contributed by atoms with Gasteiger partial charge in [-0.3, -0.25) is 13.9 Å². The van der Waals surface area contributed by atoms with Crippen LogP contribution < -0.4 is 16.0 Å². The van der Waals surface area contributed by atoms with Crippen molar-refractivity contribution in [1.29, 1.82) is 0 Å². The van der Waals surface area contributed by atoms with Crippen molar-refractivity contribution >= 4 is 17.0 Å². The minimum atomic E-state index is -0.424. The van der Waals surface area contributed by atoms with Crippen molar-refractivity contribution < 1.29 is 14.3 Å². The van der Waals surface area contributed by atoms with E-state index < -0.39 is 5.97 Å². The molecule has 8 heteroatoms. The van der Waals surface area contributed by atoms with Crippen LogP contribution in [-0.2, 0) is 22.6 Å². The van der Waals surface area contributed by atoms with Gasteiger partial charge in [0.05, 0.1) is 12.1 Å². The maximum absolute atomic E-state index is 12.6. The number of fused-ring (bicyclic) bond motifs is 1. The Morgan fingerprint density at radius 3 is 2.32 bits per heavy atom. The molecule has 0 bridgehead atoms. The van der Waals surface area contributed by atoms with E-state index in [-0.39, 0.29) is 17.9 Å². The average molecular weight is 385 g/mol. The topological polar surface area (TPSA) is 95.3 Å². The number of nitrogens with zero attached hydrogens (tertiary/aromatic N) is 2. The molecular weight excluding hydrogens is 362 g/mol. The predicted octanol–water partition coefficient (Wildman–Crippen LogP) is 2.14. The molecule has 0 radical (unpaired) electrons. The number of aromatic amines is 1. The highest BCUT2D eigenvalue weighted by molar-refractivity contribution is 5.82. The summed E-state index contributed by atoms with van der Waals surface area (Å²) in [5.41, 5.74) is 1.90. The first-order chi connectivity index (χ1) is 13.5. The van der Waals surface area contributed by atoms with Crippen LogP contribution in [0.25, 0.3) is 22.3 Å². The van der Waals surface area contributed by atoms with Crippen LogP contribution in [0.3, 0.4) is 0 Å². The van der Waals surface area contributed by atoms with E-state index in [0.29, 0.717) is 36.5 Å². The molecule has 3 rings (SSSR count). The van der Waals surface area contributed by atoms with Gasteiger partial charge in [-0.05, 0) is 56.7 Å². The predicted molar refractivity (Wildman–Crippen MR) is 106 cm³/mol. The number of esters is 1. The van der Waals surface area contributed by atoms with Gasteiger partial charge in [0.1, 0.15) is 11.3 Å². The van der Waals surface area contributed by atoms with Crippen molar-refractivity contribution in [2.45, 2.75) is 33.9 Å². The van der Waals surface area contributed by atoms with E-state index in [2.05, 4.69) is 4.98 Å². The van der Waals surface area contributed by atoms with Gasteiger partial charge in [-0.1, -0.05) is 0 Å². The Hall–Kier alpha value is -3.29. The minimum absolute atomic E-state index is 0.154. The summed E-state index contributed by atoms with van der Waals surface area (Å²) in [6, 6.07) is 8.90. The van der Waals surface area contributed by atoms with Gasteiger partial charge in [0.25, 0.3) is 5.56 Å². The molecule has 1 N–H and O–H groups in total. The van der Waals surface area contributed by atoms with E-state index in [1.54, 1.807) is 36.6 Å². The molecule has 2 heterocycles. The van der Waals surface area contributed by atoms with Crippen molar-refractivity contribution in [2.24, 2.45) is 0 Å². The first-order valence-corrected chi connectivity index (χ1v) is 9.25. The lowest BCUT2D eigenvalue weighted by Crippen LogP contribution is -2.39. The summed E-state index contributed by atoms with van der Waals surface area (Å²) in [5.74, 6) is 0.110. The maximum Gasteiger partial charge on any atom is 0.344 e. The average Bonchev–Trinajstić information content (AvgIpc) is 3.13. The number of aromatic nitrogens is 3. The number of rotatable bonds is 7. The number of ether oxygens (including phenoxy) is 2. The van der Waals surface area contributed by atoms with Gasteiger partial charge in [0.2, 0.25) is 0 Å². The monoisotopic (exact) mass is 385 g/mol. The summed E-state index contributed by atoms with van der Waals surface area (Å²) in [6.07, 6.45) is 0. The number of carbonyl (C=O) groups is 1. The SMILES string of the molecule is CCOC(=O)COc1ccc(-c2cc3c([nH]2)c(=O)n(CC)c(=O)n3CC)cc1. The molecule has 28 heavy (non-hydrogen) atoms. The second-order valence-corrected chi connectivity index (χ2v) is 6.14. The zero-order valence-corrected chi connectivity index (χ0v) is 16.2. The summed E-state index contributed by atoms with van der Waals surface area (Å²) < 4.78 is 13.0. The molecule has 0 amide bonds. The third-order valence-corrected chi connectivity index (χ3v) is 4.47. The van der Waals surface area contributed by atoms with E-state index in [4.69, 9.17) is 9.47 Å². The number of aryl methyl sites for hydroxylation is 1. The van der Waals surface area contributed by atoms with Gasteiger partial charge in [-0.25, -0.2) is 9.59 Å². The molecule has 3 aromatic rings. The van der Waals surface area contributed by atoms with E-state index in [1.807, 2.05) is 19.1 Å². The molecule has 8 nitrogen and oxygen atoms in total. The second kappa shape index (κ2) is 8.16. The molecule has 0 unspecified atom stereocenters. The molecule has 0 aliphatic carbocycles. The van der Waals surface area contributed by atoms with Crippen LogP contribution in [0, 0.1) is 0 Å². The van der Waals surface area contributed by atoms with Crippen LogP contribution in [-0.4, -0.2) is 33.3 Å². The van der Waals surface area contributed by atoms with Crippen LogP contribution in [0.1, 0.15) is 20.8 Å². The number of H-pyrrole nitrogens is 1. The summed E-state index contributed by atoms with van der Waals surface area (Å²) >= 11 is 0. The van der Waals surface area contributed by atoms with E-state index in [9.17, 15) is 14.4 Å². The quantitative estimate of drug-likeness (QED) is 0.629. The molecule has 148 valence electrons. The third-order valence-electron chi connectivity index (χ3n) is 4.47. The highest BCUT2D eigenvalue weighted by Gasteiger charge is 2.15. The van der Waals surface area contributed by atoms with E-state index in [0.717, 1.165) is 11.3 Å². The van der Waals surface area contributed by atoms with Crippen LogP contribution >= 0.6 is 0 Å². The lowest BCUT2D eigenvalue weighted by molar-refractivity contribution is -0.145. The standard InChI is InChI=1S/C20H23N3O5/c1-4-22-16-11-15(21-18(16)19(25)23(5-2)20(22)26)13-7-9-14(10-8-13)28-12-17(24)27-6-3/h7-11,21H,4-6,12H2,1-3H3. The van der Waals surface area contributed by atoms with Gasteiger partial charge < -0.3 is 14.5 Å². The van der Waals surface area contributed by atoms with Gasteiger partial charge >= 0.3 is 11.7 Å². The van der Waals surface area contributed by atoms with Crippen LogP contribution in [0.15, 0.2) is 39.9 Å². The molecule has 1 aromatic carbocycles. The number of carbonyl (C=O) groups excluding carboxylic acids is 1. The fourth-order valence-electron chi connectivity index (χ4n) is 3.11. The third kappa shape index (κ3) is 3.58. The van der Waals surface area contributed by atoms with Gasteiger partial charge in [-0.2, -0.15) is 0 Å². The number of hydrogen-bond acceptors (Lipinski definition) is 5. The molecule has 0 saturated heterocycles. The van der Waals surface area contributed by atoms with Crippen LogP contribution in [0.4, 0.5) is 0 Å². The molecule has 2 aromatic heterocycles. The lowest BCUT2D eigenvalue weighted by Gasteiger charge is -2.07. The highest BCUT2D eigenvalue weighted by Crippen LogP contribution is 2.24. The lowest BCUT2D eigenvalue weighted by atomic mass is 10.1. The van der Waals surface area contributed by atoms with Crippen molar-refractivity contribution in [3.05, 3.63) is 51.2 Å². The molecule has 0 aliphatic rings. The van der Waals surface area contributed by atoms with Crippen molar-refractivity contribution in [3.63, 3.8) is 0 Å². The summed E-state index contributed by atoms with van der Waals surface area (Å²) in [6.45, 7) is 6.31. The van der Waals surface area contributed by atoms with Crippen molar-refractivity contribution in [1.82, 2.24) is 14.1 Å². The number of nitrogens with one attached hydrogen (secondary N) is 1. The van der Waals surface area contributed by atoms with Crippen molar-refractivity contribution in [2.75, 3.05) is 13.2 Å². The number of hydrogen-bond donors (Lipinski definition) is 1. The zero-order valence-electron chi connectivity index (χ0n) is 16.2. The normalized spacial score (nSPS) is 11.0. The smallest absolute Gasteiger partial charge is 0.344 e. The van der Waals surface area contributed by atoms with E-state index >= 15 is 0 Å². The Labute approximate surface area is 161 Å². The Kier molecular flexibility index (Phi) is 5.67. The molecule has 0 atom stereocenters. The Morgan fingerprint density at radius 2 is 1.71 bits per heavy atom. The second-order valence-electron chi connectivity index (χ2n) is 6.14. The van der Waals surface area contributed by atoms with Crippen LogP contribution in [0.5, 0.6) is 5.75 Å². The van der Waals surface area contributed by atoms with Gasteiger partial charge in [0, 0.05) is 18.8 Å². The van der Waals surface area contributed by atoms with Crippen LogP contribution in [0.2, 0.25) is 0 Å².